The number of hydrogen-bond donors (Lipinski definition) is 1. The van der Waals surface area contributed by atoms with Gasteiger partial charge in [0.05, 0.1) is 12.7 Å². The van der Waals surface area contributed by atoms with Gasteiger partial charge in [0.25, 0.3) is 5.91 Å². The van der Waals surface area contributed by atoms with Gasteiger partial charge in [-0.15, -0.1) is 0 Å². The zero-order chi connectivity index (χ0) is 21.7. The Morgan fingerprint density at radius 2 is 1.50 bits per heavy atom. The average molecular weight is 403 g/mol. The van der Waals surface area contributed by atoms with Crippen LogP contribution in [0.25, 0.3) is 11.1 Å². The molecule has 3 aromatic rings. The fourth-order valence-corrected chi connectivity index (χ4v) is 3.39. The molecule has 0 unspecified atom stereocenters. The van der Waals surface area contributed by atoms with Gasteiger partial charge in [-0.2, -0.15) is 0 Å². The summed E-state index contributed by atoms with van der Waals surface area (Å²) in [6.45, 7) is 1.97. The van der Waals surface area contributed by atoms with Gasteiger partial charge in [-0.1, -0.05) is 48.5 Å². The van der Waals surface area contributed by atoms with Gasteiger partial charge in [0, 0.05) is 12.6 Å². The summed E-state index contributed by atoms with van der Waals surface area (Å²) >= 11 is 0. The maximum absolute atomic E-state index is 12.4. The van der Waals surface area contributed by atoms with Crippen molar-refractivity contribution in [2.24, 2.45) is 0 Å². The number of carbonyl (C=O) groups is 2. The Bertz CT molecular complexity index is 1040. The Morgan fingerprint density at radius 1 is 0.900 bits per heavy atom. The summed E-state index contributed by atoms with van der Waals surface area (Å²) in [5.74, 6) is -1.08. The molecule has 154 valence electrons. The summed E-state index contributed by atoms with van der Waals surface area (Å²) in [5.41, 5.74) is 6.27. The standard InChI is InChI=1S/C25H25NO4/c1-17-19(5-4-6-23(17)24(27)26(2)30-3)10-7-18-8-11-20(12-9-18)21-13-15-22(16-14-21)25(28)29/h4-6,8-9,11-16H,7,10H2,1-3H3,(H,28,29). The highest BCUT2D eigenvalue weighted by molar-refractivity contribution is 5.95. The van der Waals surface area contributed by atoms with Crippen LogP contribution in [0, 0.1) is 6.92 Å². The number of benzene rings is 3. The minimum Gasteiger partial charge on any atom is -0.478 e. The summed E-state index contributed by atoms with van der Waals surface area (Å²) in [6, 6.07) is 20.9. The average Bonchev–Trinajstić information content (AvgIpc) is 2.78. The second-order valence-electron chi connectivity index (χ2n) is 7.15. The number of carbonyl (C=O) groups excluding carboxylic acids is 1. The third-order valence-corrected chi connectivity index (χ3v) is 5.34. The third kappa shape index (κ3) is 4.75. The van der Waals surface area contributed by atoms with E-state index in [1.54, 1.807) is 19.2 Å². The van der Waals surface area contributed by atoms with Crippen molar-refractivity contribution < 1.29 is 19.5 Å². The fraction of sp³-hybridized carbons (Fsp3) is 0.200. The molecule has 3 aromatic carbocycles. The summed E-state index contributed by atoms with van der Waals surface area (Å²) in [6.07, 6.45) is 1.69. The first-order valence-electron chi connectivity index (χ1n) is 9.74. The third-order valence-electron chi connectivity index (χ3n) is 5.34. The van der Waals surface area contributed by atoms with E-state index in [4.69, 9.17) is 9.94 Å². The molecule has 0 aromatic heterocycles. The van der Waals surface area contributed by atoms with E-state index in [1.165, 1.54) is 17.7 Å². The highest BCUT2D eigenvalue weighted by Gasteiger charge is 2.15. The second kappa shape index (κ2) is 9.37. The molecule has 0 aliphatic carbocycles. The molecule has 5 nitrogen and oxygen atoms in total. The van der Waals surface area contributed by atoms with Crippen LogP contribution in [-0.4, -0.2) is 36.2 Å². The van der Waals surface area contributed by atoms with Crippen molar-refractivity contribution in [3.8, 4) is 11.1 Å². The predicted molar refractivity (Wildman–Crippen MR) is 117 cm³/mol. The van der Waals surface area contributed by atoms with E-state index in [0.717, 1.165) is 35.1 Å². The molecule has 0 bridgehead atoms. The van der Waals surface area contributed by atoms with E-state index < -0.39 is 5.97 Å². The van der Waals surface area contributed by atoms with Crippen molar-refractivity contribution >= 4 is 11.9 Å². The van der Waals surface area contributed by atoms with Crippen LogP contribution in [0.1, 0.15) is 37.4 Å². The van der Waals surface area contributed by atoms with Crippen LogP contribution in [-0.2, 0) is 17.7 Å². The van der Waals surface area contributed by atoms with Crippen molar-refractivity contribution in [2.75, 3.05) is 14.2 Å². The number of aryl methyl sites for hydroxylation is 2. The molecular weight excluding hydrogens is 378 g/mol. The fourth-order valence-electron chi connectivity index (χ4n) is 3.39. The molecule has 0 radical (unpaired) electrons. The van der Waals surface area contributed by atoms with E-state index in [2.05, 4.69) is 18.2 Å². The Balaban J connectivity index is 1.70. The van der Waals surface area contributed by atoms with Crippen molar-refractivity contribution in [3.63, 3.8) is 0 Å². The summed E-state index contributed by atoms with van der Waals surface area (Å²) in [5, 5.41) is 10.2. The number of rotatable bonds is 7. The van der Waals surface area contributed by atoms with Gasteiger partial charge in [0.15, 0.2) is 0 Å². The normalized spacial score (nSPS) is 10.6. The molecule has 1 amide bonds. The summed E-state index contributed by atoms with van der Waals surface area (Å²) < 4.78 is 0. The van der Waals surface area contributed by atoms with E-state index in [-0.39, 0.29) is 11.5 Å². The van der Waals surface area contributed by atoms with Gasteiger partial charge >= 0.3 is 5.97 Å². The molecule has 0 atom stereocenters. The number of hydroxylamine groups is 2. The molecule has 30 heavy (non-hydrogen) atoms. The van der Waals surface area contributed by atoms with Gasteiger partial charge in [0.2, 0.25) is 0 Å². The van der Waals surface area contributed by atoms with Crippen molar-refractivity contribution in [3.05, 3.63) is 94.5 Å². The topological polar surface area (TPSA) is 66.8 Å². The first kappa shape index (κ1) is 21.3. The maximum Gasteiger partial charge on any atom is 0.335 e. The lowest BCUT2D eigenvalue weighted by atomic mass is 9.95. The lowest BCUT2D eigenvalue weighted by Crippen LogP contribution is -2.26. The van der Waals surface area contributed by atoms with Crippen LogP contribution >= 0.6 is 0 Å². The van der Waals surface area contributed by atoms with Gasteiger partial charge in [-0.25, -0.2) is 9.86 Å². The number of carboxylic acids is 1. The van der Waals surface area contributed by atoms with E-state index in [9.17, 15) is 9.59 Å². The quantitative estimate of drug-likeness (QED) is 0.577. The number of hydrogen-bond acceptors (Lipinski definition) is 3. The number of carboxylic acid groups (broad SMARTS) is 1. The molecular formula is C25H25NO4. The van der Waals surface area contributed by atoms with Crippen molar-refractivity contribution in [1.82, 2.24) is 5.06 Å². The van der Waals surface area contributed by atoms with Gasteiger partial charge < -0.3 is 5.11 Å². The van der Waals surface area contributed by atoms with Gasteiger partial charge in [-0.05, 0) is 65.8 Å². The summed E-state index contributed by atoms with van der Waals surface area (Å²) in [7, 11) is 3.08. The first-order chi connectivity index (χ1) is 14.4. The van der Waals surface area contributed by atoms with Gasteiger partial charge in [-0.3, -0.25) is 9.63 Å². The van der Waals surface area contributed by atoms with E-state index in [1.807, 2.05) is 43.3 Å². The molecule has 1 N–H and O–H groups in total. The molecule has 5 heteroatoms. The highest BCUT2D eigenvalue weighted by Crippen LogP contribution is 2.22. The van der Waals surface area contributed by atoms with Gasteiger partial charge in [0.1, 0.15) is 0 Å². The monoisotopic (exact) mass is 403 g/mol. The molecule has 3 rings (SSSR count). The number of aromatic carboxylic acids is 1. The molecule has 0 heterocycles. The Kier molecular flexibility index (Phi) is 6.65. The SMILES string of the molecule is CON(C)C(=O)c1cccc(CCc2ccc(-c3ccc(C(=O)O)cc3)cc2)c1C. The predicted octanol–water partition coefficient (Wildman–Crippen LogP) is 4.78. The van der Waals surface area contributed by atoms with Crippen LogP contribution in [0.2, 0.25) is 0 Å². The minimum atomic E-state index is -0.924. The highest BCUT2D eigenvalue weighted by atomic mass is 16.7. The maximum atomic E-state index is 12.4. The molecule has 0 aliphatic rings. The summed E-state index contributed by atoms with van der Waals surface area (Å²) in [4.78, 5) is 28.4. The lowest BCUT2D eigenvalue weighted by molar-refractivity contribution is -0.0757. The molecule has 0 saturated heterocycles. The molecule has 0 spiro atoms. The smallest absolute Gasteiger partial charge is 0.335 e. The Labute approximate surface area is 176 Å². The van der Waals surface area contributed by atoms with Crippen LogP contribution in [0.15, 0.2) is 66.7 Å². The van der Waals surface area contributed by atoms with Crippen LogP contribution in [0.4, 0.5) is 0 Å². The van der Waals surface area contributed by atoms with Crippen molar-refractivity contribution in [2.45, 2.75) is 19.8 Å². The number of amides is 1. The van der Waals surface area contributed by atoms with Crippen LogP contribution in [0.3, 0.4) is 0 Å². The van der Waals surface area contributed by atoms with Crippen LogP contribution < -0.4 is 0 Å². The second-order valence-corrected chi connectivity index (χ2v) is 7.15. The molecule has 0 saturated carbocycles. The first-order valence-corrected chi connectivity index (χ1v) is 9.74. The Hall–Kier alpha value is -3.44. The minimum absolute atomic E-state index is 0.157. The molecule has 0 fully saturated rings. The van der Waals surface area contributed by atoms with Crippen molar-refractivity contribution in [1.29, 1.82) is 0 Å². The van der Waals surface area contributed by atoms with E-state index in [0.29, 0.717) is 5.56 Å². The largest absolute Gasteiger partial charge is 0.478 e. The Morgan fingerprint density at radius 3 is 2.07 bits per heavy atom. The lowest BCUT2D eigenvalue weighted by Gasteiger charge is -2.17. The zero-order valence-corrected chi connectivity index (χ0v) is 17.4. The zero-order valence-electron chi connectivity index (χ0n) is 17.4. The van der Waals surface area contributed by atoms with Crippen LogP contribution in [0.5, 0.6) is 0 Å². The molecule has 0 aliphatic heterocycles. The van der Waals surface area contributed by atoms with E-state index >= 15 is 0 Å². The number of nitrogens with zero attached hydrogens (tertiary/aromatic N) is 1.